The van der Waals surface area contributed by atoms with Gasteiger partial charge in [-0.1, -0.05) is 43.8 Å². The van der Waals surface area contributed by atoms with E-state index in [0.717, 1.165) is 0 Å². The van der Waals surface area contributed by atoms with E-state index >= 15 is 0 Å². The van der Waals surface area contributed by atoms with Crippen molar-refractivity contribution in [1.29, 1.82) is 0 Å². The number of hydrogen-bond acceptors (Lipinski definition) is 1. The summed E-state index contributed by atoms with van der Waals surface area (Å²) in [7, 11) is -0.782. The van der Waals surface area contributed by atoms with Gasteiger partial charge in [0.25, 0.3) is 0 Å². The van der Waals surface area contributed by atoms with E-state index in [0.29, 0.717) is 12.1 Å². The van der Waals surface area contributed by atoms with Gasteiger partial charge in [0.05, 0.1) is 16.1 Å². The molecular formula is C13H32NPSi2. The zero-order chi connectivity index (χ0) is 14.0. The average Bonchev–Trinajstić information content (AvgIpc) is 1.96. The van der Waals surface area contributed by atoms with Crippen molar-refractivity contribution < 1.29 is 0 Å². The Labute approximate surface area is 113 Å². The van der Waals surface area contributed by atoms with E-state index in [1.165, 1.54) is 8.35 Å². The molecular weight excluding hydrogens is 257 g/mol. The lowest BCUT2D eigenvalue weighted by atomic mass is 10.3. The van der Waals surface area contributed by atoms with Gasteiger partial charge in [-0.05, 0) is 36.0 Å². The van der Waals surface area contributed by atoms with Crippen LogP contribution in [0.15, 0.2) is 0 Å². The second-order valence-electron chi connectivity index (χ2n) is 7.52. The fourth-order valence-corrected chi connectivity index (χ4v) is 15.2. The summed E-state index contributed by atoms with van der Waals surface area (Å²) in [6, 6.07) is 1.28. The van der Waals surface area contributed by atoms with Gasteiger partial charge in [-0.2, -0.15) is 0 Å². The van der Waals surface area contributed by atoms with Crippen molar-refractivity contribution in [3.05, 3.63) is 0 Å². The lowest BCUT2D eigenvalue weighted by Crippen LogP contribution is -2.49. The Kier molecular flexibility index (Phi) is 6.34. The quantitative estimate of drug-likeness (QED) is 0.514. The van der Waals surface area contributed by atoms with Gasteiger partial charge >= 0.3 is 0 Å². The predicted octanol–water partition coefficient (Wildman–Crippen LogP) is 4.89. The van der Waals surface area contributed by atoms with Crippen LogP contribution in [0.2, 0.25) is 39.3 Å². The van der Waals surface area contributed by atoms with Gasteiger partial charge in [-0.3, -0.25) is 4.67 Å². The minimum absolute atomic E-state index is 0.638. The van der Waals surface area contributed by atoms with E-state index < -0.39 is 16.1 Å². The fraction of sp³-hybridized carbons (Fsp3) is 0.923. The summed E-state index contributed by atoms with van der Waals surface area (Å²) in [4.78, 5) is 0. The molecule has 0 fully saturated rings. The van der Waals surface area contributed by atoms with Crippen LogP contribution >= 0.6 is 8.35 Å². The second kappa shape index (κ2) is 6.14. The first-order valence-electron chi connectivity index (χ1n) is 6.75. The van der Waals surface area contributed by atoms with Gasteiger partial charge in [0, 0.05) is 12.1 Å². The summed E-state index contributed by atoms with van der Waals surface area (Å²) >= 11 is 0. The Morgan fingerprint density at radius 2 is 1.06 bits per heavy atom. The minimum atomic E-state index is -1.15. The highest BCUT2D eigenvalue weighted by atomic mass is 31.1. The predicted molar refractivity (Wildman–Crippen MR) is 90.7 cm³/mol. The molecule has 0 radical (unpaired) electrons. The van der Waals surface area contributed by atoms with E-state index in [9.17, 15) is 0 Å². The molecule has 0 aliphatic rings. The molecule has 0 saturated heterocycles. The van der Waals surface area contributed by atoms with Gasteiger partial charge in [-0.25, -0.2) is 0 Å². The Balaban J connectivity index is 5.45. The smallest absolute Gasteiger partial charge is 0.0747 e. The molecule has 0 aliphatic heterocycles. The van der Waals surface area contributed by atoms with Crippen LogP contribution in [0.3, 0.4) is 0 Å². The highest BCUT2D eigenvalue weighted by Gasteiger charge is 2.32. The van der Waals surface area contributed by atoms with E-state index in [1.807, 2.05) is 4.54 Å². The molecule has 0 aromatic carbocycles. The SMILES string of the molecule is CC(C)N(P=C([Si](C)(C)C)[Si](C)(C)C)C(C)C. The van der Waals surface area contributed by atoms with Crippen molar-refractivity contribution in [2.75, 3.05) is 0 Å². The van der Waals surface area contributed by atoms with Crippen LogP contribution in [0.5, 0.6) is 0 Å². The third kappa shape index (κ3) is 5.82. The van der Waals surface area contributed by atoms with Gasteiger partial charge < -0.3 is 0 Å². The van der Waals surface area contributed by atoms with Crippen LogP contribution in [-0.4, -0.2) is 37.4 Å². The third-order valence-electron chi connectivity index (χ3n) is 2.69. The molecule has 0 rings (SSSR count). The lowest BCUT2D eigenvalue weighted by Gasteiger charge is -2.35. The molecule has 0 saturated carbocycles. The first kappa shape index (κ1) is 17.6. The highest BCUT2D eigenvalue weighted by Crippen LogP contribution is 2.27. The summed E-state index contributed by atoms with van der Waals surface area (Å²) in [5.74, 6) is 0. The molecule has 0 bridgehead atoms. The first-order valence-corrected chi connectivity index (χ1v) is 14.6. The molecule has 0 aromatic heterocycles. The van der Waals surface area contributed by atoms with Crippen molar-refractivity contribution >= 4 is 29.0 Å². The Morgan fingerprint density at radius 3 is 1.24 bits per heavy atom. The molecule has 0 unspecified atom stereocenters. The monoisotopic (exact) mass is 289 g/mol. The summed E-state index contributed by atoms with van der Waals surface area (Å²) in [5.41, 5.74) is 0. The second-order valence-corrected chi connectivity index (χ2v) is 20.0. The van der Waals surface area contributed by atoms with Gasteiger partial charge in [-0.15, -0.1) is 0 Å². The van der Waals surface area contributed by atoms with Crippen molar-refractivity contribution in [2.45, 2.75) is 79.1 Å². The van der Waals surface area contributed by atoms with Gasteiger partial charge in [0.1, 0.15) is 0 Å². The van der Waals surface area contributed by atoms with Crippen molar-refractivity contribution in [2.24, 2.45) is 0 Å². The fourth-order valence-electron chi connectivity index (χ4n) is 2.37. The van der Waals surface area contributed by atoms with E-state index in [2.05, 4.69) is 71.6 Å². The molecule has 4 heteroatoms. The largest absolute Gasteiger partial charge is 0.253 e. The molecule has 0 N–H and O–H groups in total. The number of rotatable bonds is 5. The van der Waals surface area contributed by atoms with Crippen LogP contribution in [0, 0.1) is 0 Å². The molecule has 0 amide bonds. The molecule has 102 valence electrons. The highest BCUT2D eigenvalue weighted by molar-refractivity contribution is 7.61. The van der Waals surface area contributed by atoms with E-state index in [1.54, 1.807) is 0 Å². The Morgan fingerprint density at radius 1 is 0.765 bits per heavy atom. The first-order chi connectivity index (χ1) is 7.37. The lowest BCUT2D eigenvalue weighted by molar-refractivity contribution is 0.333. The standard InChI is InChI=1S/C13H32NPSi2/c1-11(2)14(12(3)4)15-13(16(5,6)7)17(8,9)10/h11-12H,1-10H3. The summed E-state index contributed by atoms with van der Waals surface area (Å²) in [6.45, 7) is 24.3. The molecule has 0 aromatic rings. The van der Waals surface area contributed by atoms with E-state index in [4.69, 9.17) is 0 Å². The maximum atomic E-state index is 2.63. The summed E-state index contributed by atoms with van der Waals surface area (Å²) < 4.78 is 4.53. The Bertz CT molecular complexity index is 248. The zero-order valence-electron chi connectivity index (χ0n) is 13.5. The maximum Gasteiger partial charge on any atom is 0.0747 e. The molecule has 0 spiro atoms. The average molecular weight is 290 g/mol. The van der Waals surface area contributed by atoms with Gasteiger partial charge in [0.15, 0.2) is 0 Å². The van der Waals surface area contributed by atoms with Crippen molar-refractivity contribution in [3.8, 4) is 0 Å². The van der Waals surface area contributed by atoms with Crippen LogP contribution < -0.4 is 0 Å². The van der Waals surface area contributed by atoms with Crippen molar-refractivity contribution in [1.82, 2.24) is 4.67 Å². The van der Waals surface area contributed by atoms with Crippen LogP contribution in [0.1, 0.15) is 27.7 Å². The van der Waals surface area contributed by atoms with Gasteiger partial charge in [0.2, 0.25) is 0 Å². The topological polar surface area (TPSA) is 3.24 Å². The summed E-state index contributed by atoms with van der Waals surface area (Å²) in [6.07, 6.45) is 0. The van der Waals surface area contributed by atoms with Crippen LogP contribution in [-0.2, 0) is 0 Å². The molecule has 17 heavy (non-hydrogen) atoms. The maximum absolute atomic E-state index is 2.63. The van der Waals surface area contributed by atoms with Crippen LogP contribution in [0.4, 0.5) is 0 Å². The molecule has 0 aliphatic carbocycles. The summed E-state index contributed by atoms with van der Waals surface area (Å²) in [5, 5.41) is 0. The Hall–Kier alpha value is 0.564. The van der Waals surface area contributed by atoms with Crippen molar-refractivity contribution in [3.63, 3.8) is 0 Å². The number of hydrogen-bond donors (Lipinski definition) is 0. The van der Waals surface area contributed by atoms with Crippen LogP contribution in [0.25, 0.3) is 0 Å². The van der Waals surface area contributed by atoms with E-state index in [-0.39, 0.29) is 0 Å². The minimum Gasteiger partial charge on any atom is -0.253 e. The third-order valence-corrected chi connectivity index (χ3v) is 16.0. The molecule has 1 nitrogen and oxygen atoms in total. The molecule has 0 atom stereocenters. The molecule has 0 heterocycles. The normalized spacial score (nSPS) is 14.2. The zero-order valence-corrected chi connectivity index (χ0v) is 16.4. The number of nitrogens with zero attached hydrogens (tertiary/aromatic N) is 1.